The van der Waals surface area contributed by atoms with Crippen molar-refractivity contribution in [3.05, 3.63) is 12.7 Å². The minimum Gasteiger partial charge on any atom is -0.481 e. The summed E-state index contributed by atoms with van der Waals surface area (Å²) in [7, 11) is 0. The van der Waals surface area contributed by atoms with E-state index in [1.54, 1.807) is 0 Å². The van der Waals surface area contributed by atoms with Crippen LogP contribution >= 0.6 is 0 Å². The van der Waals surface area contributed by atoms with Crippen LogP contribution < -0.4 is 0 Å². The summed E-state index contributed by atoms with van der Waals surface area (Å²) in [5.41, 5.74) is -0.487. The molecule has 0 unspecified atom stereocenters. The number of likely N-dealkylation sites (tertiary alicyclic amines) is 1. The van der Waals surface area contributed by atoms with Gasteiger partial charge in [-0.3, -0.25) is 4.79 Å². The second-order valence-corrected chi connectivity index (χ2v) is 5.35. The lowest BCUT2D eigenvalue weighted by Gasteiger charge is -2.36. The molecule has 98 valence electrons. The number of rotatable bonds is 7. The third-order valence-corrected chi connectivity index (χ3v) is 3.86. The van der Waals surface area contributed by atoms with Crippen LogP contribution in [0, 0.1) is 5.41 Å². The third-order valence-electron chi connectivity index (χ3n) is 3.86. The molecule has 0 aromatic rings. The van der Waals surface area contributed by atoms with Gasteiger partial charge < -0.3 is 10.0 Å². The van der Waals surface area contributed by atoms with Crippen molar-refractivity contribution in [3.8, 4) is 0 Å². The van der Waals surface area contributed by atoms with Gasteiger partial charge in [0.15, 0.2) is 0 Å². The van der Waals surface area contributed by atoms with Gasteiger partial charge in [-0.1, -0.05) is 12.5 Å². The topological polar surface area (TPSA) is 40.5 Å². The molecule has 0 atom stereocenters. The summed E-state index contributed by atoms with van der Waals surface area (Å²) in [6, 6.07) is 0. The van der Waals surface area contributed by atoms with Gasteiger partial charge in [-0.05, 0) is 58.7 Å². The van der Waals surface area contributed by atoms with Gasteiger partial charge in [-0.15, -0.1) is 6.58 Å². The smallest absolute Gasteiger partial charge is 0.309 e. The molecule has 0 aromatic heterocycles. The predicted octanol–water partition coefficient (Wildman–Crippen LogP) is 2.92. The van der Waals surface area contributed by atoms with E-state index in [-0.39, 0.29) is 0 Å². The fourth-order valence-electron chi connectivity index (χ4n) is 2.28. The molecular weight excluding hydrogens is 214 g/mol. The molecule has 0 saturated carbocycles. The van der Waals surface area contributed by atoms with Crippen molar-refractivity contribution in [1.29, 1.82) is 0 Å². The van der Waals surface area contributed by atoms with Crippen molar-refractivity contribution in [2.75, 3.05) is 19.6 Å². The van der Waals surface area contributed by atoms with E-state index in [2.05, 4.69) is 11.5 Å². The average molecular weight is 239 g/mol. The Morgan fingerprint density at radius 1 is 1.35 bits per heavy atom. The van der Waals surface area contributed by atoms with Crippen LogP contribution in [0.3, 0.4) is 0 Å². The number of aliphatic carboxylic acids is 1. The van der Waals surface area contributed by atoms with E-state index in [0.717, 1.165) is 38.9 Å². The summed E-state index contributed by atoms with van der Waals surface area (Å²) in [4.78, 5) is 13.5. The van der Waals surface area contributed by atoms with Crippen LogP contribution in [0.1, 0.15) is 45.4 Å². The average Bonchev–Trinajstić information content (AvgIpc) is 2.31. The van der Waals surface area contributed by atoms with E-state index in [1.807, 2.05) is 13.0 Å². The fourth-order valence-corrected chi connectivity index (χ4v) is 2.28. The molecule has 1 N–H and O–H groups in total. The van der Waals surface area contributed by atoms with Gasteiger partial charge in [0.05, 0.1) is 5.41 Å². The van der Waals surface area contributed by atoms with Crippen LogP contribution in [0.5, 0.6) is 0 Å². The first-order valence-electron chi connectivity index (χ1n) is 6.65. The monoisotopic (exact) mass is 239 g/mol. The molecular formula is C14H25NO2. The number of hydrogen-bond donors (Lipinski definition) is 1. The van der Waals surface area contributed by atoms with Crippen molar-refractivity contribution in [1.82, 2.24) is 4.90 Å². The fraction of sp³-hybridized carbons (Fsp3) is 0.786. The zero-order valence-electron chi connectivity index (χ0n) is 11.0. The summed E-state index contributed by atoms with van der Waals surface area (Å²) in [6.07, 6.45) is 8.35. The summed E-state index contributed by atoms with van der Waals surface area (Å²) >= 11 is 0. The molecule has 1 saturated heterocycles. The Morgan fingerprint density at radius 2 is 2.00 bits per heavy atom. The highest BCUT2D eigenvalue weighted by Crippen LogP contribution is 2.31. The van der Waals surface area contributed by atoms with Crippen LogP contribution in [-0.2, 0) is 4.79 Å². The molecule has 3 nitrogen and oxygen atoms in total. The minimum atomic E-state index is -0.636. The highest BCUT2D eigenvalue weighted by Gasteiger charge is 2.36. The van der Waals surface area contributed by atoms with Gasteiger partial charge >= 0.3 is 5.97 Å². The number of carboxylic acid groups (broad SMARTS) is 1. The van der Waals surface area contributed by atoms with E-state index in [1.165, 1.54) is 19.3 Å². The molecule has 1 heterocycles. The summed E-state index contributed by atoms with van der Waals surface area (Å²) < 4.78 is 0. The van der Waals surface area contributed by atoms with Crippen LogP contribution in [0.15, 0.2) is 12.7 Å². The second kappa shape index (κ2) is 6.80. The maximum absolute atomic E-state index is 11.1. The molecule has 1 rings (SSSR count). The molecule has 1 aliphatic rings. The van der Waals surface area contributed by atoms with Crippen molar-refractivity contribution in [2.24, 2.45) is 5.41 Å². The Labute approximate surface area is 105 Å². The summed E-state index contributed by atoms with van der Waals surface area (Å²) in [5.74, 6) is -0.636. The van der Waals surface area contributed by atoms with Crippen LogP contribution in [0.4, 0.5) is 0 Å². The number of unbranched alkanes of at least 4 members (excludes halogenated alkanes) is 3. The highest BCUT2D eigenvalue weighted by molar-refractivity contribution is 5.74. The molecule has 0 aromatic carbocycles. The van der Waals surface area contributed by atoms with Crippen LogP contribution in [-0.4, -0.2) is 35.6 Å². The number of hydrogen-bond acceptors (Lipinski definition) is 2. The normalized spacial score (nSPS) is 20.1. The van der Waals surface area contributed by atoms with E-state index in [4.69, 9.17) is 5.11 Å². The third kappa shape index (κ3) is 4.50. The maximum atomic E-state index is 11.1. The van der Waals surface area contributed by atoms with Crippen molar-refractivity contribution in [3.63, 3.8) is 0 Å². The zero-order valence-corrected chi connectivity index (χ0v) is 11.0. The van der Waals surface area contributed by atoms with E-state index in [9.17, 15) is 4.79 Å². The lowest BCUT2D eigenvalue weighted by molar-refractivity contribution is -0.150. The molecule has 0 spiro atoms. The predicted molar refractivity (Wildman–Crippen MR) is 70.1 cm³/mol. The number of carboxylic acids is 1. The second-order valence-electron chi connectivity index (χ2n) is 5.35. The standard InChI is InChI=1S/C14H25NO2/c1-3-4-5-6-7-10-15-11-8-14(2,9-12-15)13(16)17/h3H,1,4-12H2,2H3,(H,16,17). The summed E-state index contributed by atoms with van der Waals surface area (Å²) in [5, 5.41) is 9.13. The molecule has 0 amide bonds. The quantitative estimate of drug-likeness (QED) is 0.548. The van der Waals surface area contributed by atoms with Gasteiger partial charge in [0.1, 0.15) is 0 Å². The molecule has 1 aliphatic heterocycles. The Morgan fingerprint density at radius 3 is 2.53 bits per heavy atom. The highest BCUT2D eigenvalue weighted by atomic mass is 16.4. The molecule has 17 heavy (non-hydrogen) atoms. The first-order valence-corrected chi connectivity index (χ1v) is 6.65. The first kappa shape index (κ1) is 14.2. The van der Waals surface area contributed by atoms with Gasteiger partial charge in [0.25, 0.3) is 0 Å². The number of allylic oxidation sites excluding steroid dienone is 1. The Hall–Kier alpha value is -0.830. The van der Waals surface area contributed by atoms with Gasteiger partial charge in [0, 0.05) is 0 Å². The molecule has 0 radical (unpaired) electrons. The zero-order chi connectivity index (χ0) is 12.7. The van der Waals surface area contributed by atoms with E-state index >= 15 is 0 Å². The Balaban J connectivity index is 2.15. The largest absolute Gasteiger partial charge is 0.481 e. The molecule has 0 bridgehead atoms. The number of piperidine rings is 1. The number of nitrogens with zero attached hydrogens (tertiary/aromatic N) is 1. The molecule has 3 heteroatoms. The molecule has 0 aliphatic carbocycles. The van der Waals surface area contributed by atoms with Gasteiger partial charge in [-0.2, -0.15) is 0 Å². The number of carbonyl (C=O) groups is 1. The summed E-state index contributed by atoms with van der Waals surface area (Å²) in [6.45, 7) is 8.57. The first-order chi connectivity index (χ1) is 8.08. The SMILES string of the molecule is C=CCCCCCN1CCC(C)(C(=O)O)CC1. The van der Waals surface area contributed by atoms with Gasteiger partial charge in [0.2, 0.25) is 0 Å². The van der Waals surface area contributed by atoms with Gasteiger partial charge in [-0.25, -0.2) is 0 Å². The lowest BCUT2D eigenvalue weighted by atomic mass is 9.80. The van der Waals surface area contributed by atoms with Crippen LogP contribution in [0.2, 0.25) is 0 Å². The van der Waals surface area contributed by atoms with E-state index < -0.39 is 11.4 Å². The van der Waals surface area contributed by atoms with Crippen LogP contribution in [0.25, 0.3) is 0 Å². The Kier molecular flexibility index (Phi) is 5.69. The maximum Gasteiger partial charge on any atom is 0.309 e. The Bertz CT molecular complexity index is 255. The molecule has 1 fully saturated rings. The van der Waals surface area contributed by atoms with Crippen molar-refractivity contribution < 1.29 is 9.90 Å². The lowest BCUT2D eigenvalue weighted by Crippen LogP contribution is -2.42. The van der Waals surface area contributed by atoms with Crippen molar-refractivity contribution in [2.45, 2.75) is 45.4 Å². The van der Waals surface area contributed by atoms with Crippen molar-refractivity contribution >= 4 is 5.97 Å². The van der Waals surface area contributed by atoms with E-state index in [0.29, 0.717) is 0 Å². The minimum absolute atomic E-state index is 0.487.